The first-order valence-corrected chi connectivity index (χ1v) is 14.5. The molecule has 1 aromatic carbocycles. The van der Waals surface area contributed by atoms with Crippen molar-refractivity contribution >= 4 is 27.8 Å². The molecule has 3 atom stereocenters. The fourth-order valence-corrected chi connectivity index (χ4v) is 4.94. The number of sulfonamides is 1. The van der Waals surface area contributed by atoms with Crippen LogP contribution in [0, 0.1) is 11.8 Å². The molecule has 1 amide bonds. The van der Waals surface area contributed by atoms with Crippen LogP contribution in [0.1, 0.15) is 31.7 Å². The summed E-state index contributed by atoms with van der Waals surface area (Å²) in [7, 11) is -2.00. The van der Waals surface area contributed by atoms with Gasteiger partial charge in [0.1, 0.15) is 17.2 Å². The number of amides is 1. The van der Waals surface area contributed by atoms with Gasteiger partial charge in [0.05, 0.1) is 12.9 Å². The van der Waals surface area contributed by atoms with Crippen molar-refractivity contribution in [1.29, 1.82) is 0 Å². The van der Waals surface area contributed by atoms with Gasteiger partial charge < -0.3 is 24.5 Å². The van der Waals surface area contributed by atoms with E-state index in [-0.39, 0.29) is 24.0 Å². The smallest absolute Gasteiger partial charge is 0.405 e. The molecule has 0 radical (unpaired) electrons. The van der Waals surface area contributed by atoms with Crippen LogP contribution in [0.15, 0.2) is 46.9 Å². The third kappa shape index (κ3) is 7.67. The van der Waals surface area contributed by atoms with E-state index in [1.807, 2.05) is 30.3 Å². The molecular weight excluding hydrogens is 524 g/mol. The van der Waals surface area contributed by atoms with Crippen LogP contribution in [0.25, 0.3) is 11.5 Å². The predicted octanol–water partition coefficient (Wildman–Crippen LogP) is 3.34. The summed E-state index contributed by atoms with van der Waals surface area (Å²) in [6.07, 6.45) is 1.20. The normalized spacial score (nSPS) is 18.3. The standard InChI is InChI=1S/C26H34N6O6S/c1-17-12-20(17)16-32(10-11-37-3)22-14-19(13-21(27-22)31-39(4,35)36)23-29-30-24(38-23)26(2,28-25(33)34)15-18-8-6-5-7-9-18/h5-9,13-14,17,20,28H,10-12,15-16H2,1-4H3,(H,27,31)(H,33,34)/t17?,20?,26-/m1/s1. The highest BCUT2D eigenvalue weighted by Gasteiger charge is 2.36. The molecule has 0 bridgehead atoms. The minimum Gasteiger partial charge on any atom is -0.465 e. The molecule has 4 rings (SSSR count). The van der Waals surface area contributed by atoms with Gasteiger partial charge in [-0.25, -0.2) is 18.2 Å². The average Bonchev–Trinajstić information content (AvgIpc) is 3.32. The van der Waals surface area contributed by atoms with Crippen LogP contribution in [0.4, 0.5) is 16.4 Å². The number of rotatable bonds is 13. The van der Waals surface area contributed by atoms with Gasteiger partial charge >= 0.3 is 6.09 Å². The number of methoxy groups -OCH3 is 1. The molecule has 3 aromatic rings. The molecule has 39 heavy (non-hydrogen) atoms. The first-order valence-electron chi connectivity index (χ1n) is 12.6. The van der Waals surface area contributed by atoms with Gasteiger partial charge in [-0.15, -0.1) is 10.2 Å². The van der Waals surface area contributed by atoms with E-state index >= 15 is 0 Å². The van der Waals surface area contributed by atoms with E-state index in [4.69, 9.17) is 9.15 Å². The summed E-state index contributed by atoms with van der Waals surface area (Å²) < 4.78 is 37.8. The van der Waals surface area contributed by atoms with E-state index in [0.29, 0.717) is 36.4 Å². The zero-order valence-electron chi connectivity index (χ0n) is 22.4. The number of hydrogen-bond donors (Lipinski definition) is 3. The summed E-state index contributed by atoms with van der Waals surface area (Å²) >= 11 is 0. The topological polar surface area (TPSA) is 160 Å². The van der Waals surface area contributed by atoms with Crippen LogP contribution in [-0.2, 0) is 26.7 Å². The Hall–Kier alpha value is -3.71. The first kappa shape index (κ1) is 28.3. The Morgan fingerprint density at radius 2 is 1.97 bits per heavy atom. The molecule has 210 valence electrons. The van der Waals surface area contributed by atoms with Crippen molar-refractivity contribution in [2.45, 2.75) is 32.2 Å². The Morgan fingerprint density at radius 3 is 2.59 bits per heavy atom. The quantitative estimate of drug-likeness (QED) is 0.284. The largest absolute Gasteiger partial charge is 0.465 e. The lowest BCUT2D eigenvalue weighted by Crippen LogP contribution is -2.44. The summed E-state index contributed by atoms with van der Waals surface area (Å²) in [5.41, 5.74) is 0.102. The number of hydrogen-bond acceptors (Lipinski definition) is 9. The number of benzene rings is 1. The zero-order valence-corrected chi connectivity index (χ0v) is 23.2. The molecule has 0 aliphatic heterocycles. The highest BCUT2D eigenvalue weighted by Crippen LogP contribution is 2.39. The molecule has 2 aromatic heterocycles. The molecule has 0 spiro atoms. The second-order valence-corrected chi connectivity index (χ2v) is 12.0. The molecule has 0 saturated heterocycles. The van der Waals surface area contributed by atoms with Gasteiger partial charge in [0, 0.05) is 32.2 Å². The number of anilines is 2. The summed E-state index contributed by atoms with van der Waals surface area (Å²) in [5, 5.41) is 20.4. The van der Waals surface area contributed by atoms with Crippen LogP contribution in [-0.4, -0.2) is 67.9 Å². The van der Waals surface area contributed by atoms with Gasteiger partial charge in [0.25, 0.3) is 0 Å². The Kier molecular flexibility index (Phi) is 8.40. The van der Waals surface area contributed by atoms with Gasteiger partial charge in [-0.3, -0.25) is 4.72 Å². The number of pyridine rings is 1. The highest BCUT2D eigenvalue weighted by atomic mass is 32.2. The number of nitrogens with one attached hydrogen (secondary N) is 2. The van der Waals surface area contributed by atoms with E-state index < -0.39 is 21.7 Å². The maximum Gasteiger partial charge on any atom is 0.405 e. The van der Waals surface area contributed by atoms with E-state index in [1.54, 1.807) is 20.1 Å². The lowest BCUT2D eigenvalue weighted by molar-refractivity contribution is 0.172. The van der Waals surface area contributed by atoms with Gasteiger partial charge in [-0.05, 0) is 42.9 Å². The Bertz CT molecular complexity index is 1400. The molecule has 12 nitrogen and oxygen atoms in total. The Morgan fingerprint density at radius 1 is 1.26 bits per heavy atom. The third-order valence-electron chi connectivity index (χ3n) is 6.65. The maximum atomic E-state index is 12.0. The lowest BCUT2D eigenvalue weighted by atomic mass is 9.93. The van der Waals surface area contributed by atoms with Crippen molar-refractivity contribution in [1.82, 2.24) is 20.5 Å². The molecule has 2 heterocycles. The van der Waals surface area contributed by atoms with Crippen molar-refractivity contribution in [2.24, 2.45) is 11.8 Å². The van der Waals surface area contributed by atoms with Crippen LogP contribution >= 0.6 is 0 Å². The fourth-order valence-electron chi connectivity index (χ4n) is 4.46. The van der Waals surface area contributed by atoms with Gasteiger partial charge in [-0.2, -0.15) is 0 Å². The molecular formula is C26H34N6O6S. The molecule has 1 aliphatic rings. The minimum absolute atomic E-state index is 0.0720. The molecule has 1 fully saturated rings. The maximum absolute atomic E-state index is 12.0. The summed E-state index contributed by atoms with van der Waals surface area (Å²) in [5.74, 6) is 1.92. The van der Waals surface area contributed by atoms with Gasteiger partial charge in [0.15, 0.2) is 0 Å². The fraction of sp³-hybridized carbons (Fsp3) is 0.462. The van der Waals surface area contributed by atoms with Crippen molar-refractivity contribution in [2.75, 3.05) is 42.7 Å². The predicted molar refractivity (Wildman–Crippen MR) is 146 cm³/mol. The van der Waals surface area contributed by atoms with Gasteiger partial charge in [0.2, 0.25) is 21.8 Å². The lowest BCUT2D eigenvalue weighted by Gasteiger charge is -2.26. The number of ether oxygens (including phenoxy) is 1. The monoisotopic (exact) mass is 558 g/mol. The molecule has 1 aliphatic carbocycles. The number of nitrogens with zero attached hydrogens (tertiary/aromatic N) is 4. The van der Waals surface area contributed by atoms with Crippen LogP contribution in [0.2, 0.25) is 0 Å². The number of aromatic nitrogens is 3. The van der Waals surface area contributed by atoms with E-state index in [2.05, 4.69) is 37.0 Å². The minimum atomic E-state index is -3.62. The van der Waals surface area contributed by atoms with E-state index in [1.165, 1.54) is 6.07 Å². The van der Waals surface area contributed by atoms with Crippen molar-refractivity contribution in [3.63, 3.8) is 0 Å². The Labute approximate surface area is 227 Å². The molecule has 2 unspecified atom stereocenters. The van der Waals surface area contributed by atoms with E-state index in [0.717, 1.165) is 24.8 Å². The highest BCUT2D eigenvalue weighted by molar-refractivity contribution is 7.92. The first-order chi connectivity index (χ1) is 18.5. The van der Waals surface area contributed by atoms with Crippen LogP contribution < -0.4 is 14.9 Å². The molecule has 13 heteroatoms. The van der Waals surface area contributed by atoms with Crippen molar-refractivity contribution in [3.8, 4) is 11.5 Å². The average molecular weight is 559 g/mol. The summed E-state index contributed by atoms with van der Waals surface area (Å²) in [4.78, 5) is 18.3. The second-order valence-electron chi connectivity index (χ2n) is 10.2. The SMILES string of the molecule is COCCN(CC1CC1C)c1cc(-c2nnc([C@@](C)(Cc3ccccc3)NC(=O)O)o2)cc(NS(C)(=O)=O)n1. The number of carbonyl (C=O) groups is 1. The van der Waals surface area contributed by atoms with Crippen molar-refractivity contribution < 1.29 is 27.5 Å². The molecule has 1 saturated carbocycles. The van der Waals surface area contributed by atoms with Crippen LogP contribution in [0.5, 0.6) is 0 Å². The Balaban J connectivity index is 1.72. The third-order valence-corrected chi connectivity index (χ3v) is 7.23. The van der Waals surface area contributed by atoms with Gasteiger partial charge in [-0.1, -0.05) is 37.3 Å². The summed E-state index contributed by atoms with van der Waals surface area (Å²) in [6, 6.07) is 12.6. The van der Waals surface area contributed by atoms with E-state index in [9.17, 15) is 18.3 Å². The molecule has 3 N–H and O–H groups in total. The van der Waals surface area contributed by atoms with Crippen LogP contribution in [0.3, 0.4) is 0 Å². The zero-order chi connectivity index (χ0) is 28.2. The summed E-state index contributed by atoms with van der Waals surface area (Å²) in [6.45, 7) is 5.62. The number of carboxylic acid groups (broad SMARTS) is 1. The van der Waals surface area contributed by atoms with Crippen molar-refractivity contribution in [3.05, 3.63) is 53.9 Å². The second kappa shape index (κ2) is 11.6.